The van der Waals surface area contributed by atoms with E-state index in [9.17, 15) is 0 Å². The van der Waals surface area contributed by atoms with Crippen molar-refractivity contribution in [2.75, 3.05) is 6.38 Å². The highest BCUT2D eigenvalue weighted by Crippen LogP contribution is 2.04. The Morgan fingerprint density at radius 2 is 1.67 bits per heavy atom. The van der Waals surface area contributed by atoms with Crippen LogP contribution < -0.4 is 0 Å². The molecule has 1 rings (SSSR count). The standard InChI is InChI=1S/C8H10Cl/c1-7-3-5-8(9-2)6-4-7/h3-6H,1-2H3/q+1. The van der Waals surface area contributed by atoms with Gasteiger partial charge >= 0.3 is 0 Å². The molecule has 0 heterocycles. The van der Waals surface area contributed by atoms with Crippen molar-refractivity contribution in [3.63, 3.8) is 0 Å². The van der Waals surface area contributed by atoms with Crippen LogP contribution in [-0.4, -0.2) is 6.38 Å². The van der Waals surface area contributed by atoms with Crippen LogP contribution in [0.1, 0.15) is 5.56 Å². The van der Waals surface area contributed by atoms with Gasteiger partial charge in [-0.25, -0.2) is 0 Å². The van der Waals surface area contributed by atoms with Gasteiger partial charge in [0, 0.05) is 12.1 Å². The van der Waals surface area contributed by atoms with Crippen LogP contribution in [-0.2, 0) is 0 Å². The summed E-state index contributed by atoms with van der Waals surface area (Å²) in [5, 5.41) is 1.28. The maximum Gasteiger partial charge on any atom is 0.227 e. The molecule has 1 aromatic carbocycles. The zero-order valence-corrected chi connectivity index (χ0v) is 6.44. The van der Waals surface area contributed by atoms with Crippen LogP contribution in [0.25, 0.3) is 0 Å². The SMILES string of the molecule is C[Cl+]c1ccc(C)cc1. The zero-order valence-electron chi connectivity index (χ0n) is 5.69. The molecule has 0 aliphatic rings. The summed E-state index contributed by atoms with van der Waals surface area (Å²) >= 11 is 0. The highest BCUT2D eigenvalue weighted by atomic mass is 35.5. The third-order valence-corrected chi connectivity index (χ3v) is 1.92. The van der Waals surface area contributed by atoms with E-state index in [4.69, 9.17) is 0 Å². The Labute approximate surface area is 59.6 Å². The van der Waals surface area contributed by atoms with Crippen LogP contribution in [0.3, 0.4) is 0 Å². The summed E-state index contributed by atoms with van der Waals surface area (Å²) in [4.78, 5) is 0. The highest BCUT2D eigenvalue weighted by Gasteiger charge is 1.98. The van der Waals surface area contributed by atoms with Crippen LogP contribution in [0.4, 0.5) is 0 Å². The molecule has 0 unspecified atom stereocenters. The van der Waals surface area contributed by atoms with Crippen LogP contribution in [0.2, 0.25) is 5.02 Å². The van der Waals surface area contributed by atoms with Crippen molar-refractivity contribution in [1.29, 1.82) is 0 Å². The van der Waals surface area contributed by atoms with E-state index in [0.717, 1.165) is 0 Å². The Balaban J connectivity index is 2.88. The minimum atomic E-state index is 1.28. The Morgan fingerprint density at radius 3 is 2.11 bits per heavy atom. The first-order chi connectivity index (χ1) is 4.33. The van der Waals surface area contributed by atoms with E-state index in [2.05, 4.69) is 42.0 Å². The van der Waals surface area contributed by atoms with Gasteiger partial charge in [0.2, 0.25) is 5.02 Å². The second-order valence-electron chi connectivity index (χ2n) is 1.98. The van der Waals surface area contributed by atoms with Gasteiger partial charge in [-0.3, -0.25) is 0 Å². The van der Waals surface area contributed by atoms with Gasteiger partial charge in [-0.2, -0.15) is 0 Å². The predicted octanol–water partition coefficient (Wildman–Crippen LogP) is 2.12. The Bertz CT molecular complexity index is 176. The van der Waals surface area contributed by atoms with Crippen LogP contribution >= 0.6 is 0 Å². The molecular formula is C8H10Cl+. The minimum Gasteiger partial charge on any atom is -0.0536 e. The molecule has 9 heavy (non-hydrogen) atoms. The van der Waals surface area contributed by atoms with Crippen molar-refractivity contribution < 1.29 is 10.8 Å². The summed E-state index contributed by atoms with van der Waals surface area (Å²) in [6.07, 6.45) is 2.03. The molecule has 0 atom stereocenters. The van der Waals surface area contributed by atoms with Gasteiger partial charge in [-0.15, -0.1) is 0 Å². The average molecular weight is 142 g/mol. The van der Waals surface area contributed by atoms with Gasteiger partial charge in [-0.05, 0) is 6.92 Å². The lowest BCUT2D eigenvalue weighted by Crippen LogP contribution is -1.76. The molecule has 0 saturated carbocycles. The molecule has 48 valence electrons. The number of benzene rings is 1. The fourth-order valence-corrected chi connectivity index (χ4v) is 1.04. The van der Waals surface area contributed by atoms with Crippen LogP contribution in [0.15, 0.2) is 24.3 Å². The Hall–Kier alpha value is -0.490. The molecule has 0 bridgehead atoms. The van der Waals surface area contributed by atoms with Gasteiger partial charge in [0.05, 0.1) is 0 Å². The van der Waals surface area contributed by atoms with Gasteiger partial charge in [0.1, 0.15) is 0 Å². The summed E-state index contributed by atoms with van der Waals surface area (Å²) in [6, 6.07) is 8.46. The summed E-state index contributed by atoms with van der Waals surface area (Å²) < 4.78 is 0. The molecular weight excluding hydrogens is 132 g/mol. The molecule has 0 fully saturated rings. The zero-order chi connectivity index (χ0) is 6.69. The molecule has 0 amide bonds. The van der Waals surface area contributed by atoms with Crippen molar-refractivity contribution >= 4 is 0 Å². The Morgan fingerprint density at radius 1 is 1.11 bits per heavy atom. The Kier molecular flexibility index (Phi) is 2.12. The van der Waals surface area contributed by atoms with E-state index >= 15 is 0 Å². The van der Waals surface area contributed by atoms with Crippen molar-refractivity contribution in [2.24, 2.45) is 0 Å². The lowest BCUT2D eigenvalue weighted by molar-refractivity contribution is -0.566. The highest BCUT2D eigenvalue weighted by molar-refractivity contribution is 5.17. The van der Waals surface area contributed by atoms with Crippen molar-refractivity contribution in [1.82, 2.24) is 0 Å². The van der Waals surface area contributed by atoms with Gasteiger partial charge in [0.25, 0.3) is 0 Å². The van der Waals surface area contributed by atoms with Crippen LogP contribution in [0, 0.1) is 17.7 Å². The lowest BCUT2D eigenvalue weighted by Gasteiger charge is -1.85. The number of hydrogen-bond acceptors (Lipinski definition) is 0. The number of hydrogen-bond donors (Lipinski definition) is 0. The summed E-state index contributed by atoms with van der Waals surface area (Å²) in [5.41, 5.74) is 1.32. The second kappa shape index (κ2) is 2.88. The topological polar surface area (TPSA) is 0 Å². The predicted molar refractivity (Wildman–Crippen MR) is 36.3 cm³/mol. The molecule has 0 saturated heterocycles. The molecule has 0 spiro atoms. The van der Waals surface area contributed by atoms with E-state index in [-0.39, 0.29) is 0 Å². The molecule has 0 aliphatic heterocycles. The van der Waals surface area contributed by atoms with E-state index in [0.29, 0.717) is 0 Å². The fourth-order valence-electron chi connectivity index (χ4n) is 0.659. The fraction of sp³-hybridized carbons (Fsp3) is 0.250. The van der Waals surface area contributed by atoms with Gasteiger partial charge in [-0.1, -0.05) is 17.7 Å². The number of halogens is 1. The summed E-state index contributed by atoms with van der Waals surface area (Å²) in [7, 11) is 2.20. The van der Waals surface area contributed by atoms with E-state index < -0.39 is 0 Å². The van der Waals surface area contributed by atoms with Crippen LogP contribution in [0.5, 0.6) is 0 Å². The van der Waals surface area contributed by atoms with E-state index in [1.54, 1.807) is 0 Å². The van der Waals surface area contributed by atoms with Crippen molar-refractivity contribution in [2.45, 2.75) is 6.92 Å². The lowest BCUT2D eigenvalue weighted by atomic mass is 10.2. The van der Waals surface area contributed by atoms with E-state index in [1.165, 1.54) is 10.6 Å². The number of alkyl halides is 1. The number of aryl methyl sites for hydroxylation is 1. The average Bonchev–Trinajstić information content (AvgIpc) is 1.90. The molecule has 0 nitrogen and oxygen atoms in total. The monoisotopic (exact) mass is 141 g/mol. The summed E-state index contributed by atoms with van der Waals surface area (Å²) in [5.74, 6) is 0. The maximum absolute atomic E-state index is 2.20. The largest absolute Gasteiger partial charge is 0.227 e. The van der Waals surface area contributed by atoms with Crippen molar-refractivity contribution in [3.8, 4) is 0 Å². The molecule has 0 aromatic heterocycles. The van der Waals surface area contributed by atoms with Gasteiger partial charge in [0.15, 0.2) is 17.2 Å². The smallest absolute Gasteiger partial charge is 0.0536 e. The third kappa shape index (κ3) is 1.72. The molecule has 1 heteroatoms. The molecule has 0 radical (unpaired) electrons. The number of rotatable bonds is 1. The summed E-state index contributed by atoms with van der Waals surface area (Å²) in [6.45, 7) is 2.10. The first kappa shape index (κ1) is 6.63. The van der Waals surface area contributed by atoms with Crippen molar-refractivity contribution in [3.05, 3.63) is 34.9 Å². The minimum absolute atomic E-state index is 1.28. The quantitative estimate of drug-likeness (QED) is 0.526. The van der Waals surface area contributed by atoms with Gasteiger partial charge < -0.3 is 0 Å². The molecule has 0 aliphatic carbocycles. The maximum atomic E-state index is 2.20. The molecule has 0 N–H and O–H groups in total. The first-order valence-electron chi connectivity index (χ1n) is 2.89. The third-order valence-electron chi connectivity index (χ3n) is 1.23. The molecule has 1 aromatic rings. The first-order valence-corrected chi connectivity index (χ1v) is 4.02. The normalized spacial score (nSPS) is 9.56. The van der Waals surface area contributed by atoms with E-state index in [1.807, 2.05) is 6.38 Å². The second-order valence-corrected chi connectivity index (χ2v) is 2.80.